The Morgan fingerprint density at radius 3 is 2.58 bits per heavy atom. The monoisotopic (exact) mass is 359 g/mol. The van der Waals surface area contributed by atoms with Crippen LogP contribution in [0.4, 0.5) is 0 Å². The first kappa shape index (κ1) is 19.5. The molecule has 0 aromatic rings. The minimum atomic E-state index is -2.83. The van der Waals surface area contributed by atoms with Crippen molar-refractivity contribution < 1.29 is 13.5 Å². The number of nitrogens with one attached hydrogen (secondary N) is 2. The van der Waals surface area contributed by atoms with Crippen molar-refractivity contribution in [3.63, 3.8) is 0 Å². The normalized spacial score (nSPS) is 26.2. The first-order valence-corrected chi connectivity index (χ1v) is 11.1. The molecular weight excluding hydrogens is 326 g/mol. The molecule has 2 aliphatic rings. The lowest BCUT2D eigenvalue weighted by atomic mass is 9.72. The van der Waals surface area contributed by atoms with Crippen molar-refractivity contribution in [3.05, 3.63) is 0 Å². The van der Waals surface area contributed by atoms with Crippen LogP contribution in [0.3, 0.4) is 0 Å². The average molecular weight is 360 g/mol. The molecule has 3 N–H and O–H groups in total. The van der Waals surface area contributed by atoms with Gasteiger partial charge in [0.25, 0.3) is 0 Å². The van der Waals surface area contributed by atoms with E-state index < -0.39 is 9.84 Å². The predicted molar refractivity (Wildman–Crippen MR) is 98.0 cm³/mol. The SMILES string of the molecule is CCNC(=NCC1(CCO)CCCCC1)NCC1CCS(=O)(=O)C1. The Morgan fingerprint density at radius 2 is 2.00 bits per heavy atom. The molecule has 24 heavy (non-hydrogen) atoms. The fraction of sp³-hybridized carbons (Fsp3) is 0.941. The summed E-state index contributed by atoms with van der Waals surface area (Å²) in [4.78, 5) is 4.76. The van der Waals surface area contributed by atoms with Crippen LogP contribution in [0.25, 0.3) is 0 Å². The van der Waals surface area contributed by atoms with E-state index in [-0.39, 0.29) is 23.7 Å². The van der Waals surface area contributed by atoms with Crippen molar-refractivity contribution in [2.45, 2.75) is 51.9 Å². The van der Waals surface area contributed by atoms with Crippen molar-refractivity contribution in [3.8, 4) is 0 Å². The van der Waals surface area contributed by atoms with Gasteiger partial charge in [0.15, 0.2) is 15.8 Å². The Balaban J connectivity index is 1.91. The summed E-state index contributed by atoms with van der Waals surface area (Å²) in [5, 5.41) is 16.0. The second-order valence-electron chi connectivity index (χ2n) is 7.38. The highest BCUT2D eigenvalue weighted by Crippen LogP contribution is 2.39. The third kappa shape index (κ3) is 5.92. The lowest BCUT2D eigenvalue weighted by Gasteiger charge is -2.35. The first-order chi connectivity index (χ1) is 11.5. The second-order valence-corrected chi connectivity index (χ2v) is 9.61. The number of hydrogen-bond donors (Lipinski definition) is 3. The molecule has 2 rings (SSSR count). The van der Waals surface area contributed by atoms with Crippen molar-refractivity contribution >= 4 is 15.8 Å². The van der Waals surface area contributed by atoms with Gasteiger partial charge in [-0.1, -0.05) is 19.3 Å². The standard InChI is InChI=1S/C17H33N3O3S/c1-2-18-16(19-12-15-6-11-24(22,23)13-15)20-14-17(9-10-21)7-4-3-5-8-17/h15,21H,2-14H2,1H3,(H2,18,19,20). The topological polar surface area (TPSA) is 90.8 Å². The summed E-state index contributed by atoms with van der Waals surface area (Å²) in [7, 11) is -2.83. The maximum Gasteiger partial charge on any atom is 0.191 e. The molecule has 0 amide bonds. The third-order valence-electron chi connectivity index (χ3n) is 5.36. The van der Waals surface area contributed by atoms with Gasteiger partial charge in [0, 0.05) is 26.2 Å². The number of hydrogen-bond acceptors (Lipinski definition) is 4. The summed E-state index contributed by atoms with van der Waals surface area (Å²) in [6.45, 7) is 4.41. The van der Waals surface area contributed by atoms with Gasteiger partial charge in [0.2, 0.25) is 0 Å². The molecule has 1 unspecified atom stereocenters. The quantitative estimate of drug-likeness (QED) is 0.471. The maximum atomic E-state index is 11.6. The summed E-state index contributed by atoms with van der Waals surface area (Å²) in [5.41, 5.74) is 0.131. The number of aliphatic hydroxyl groups is 1. The maximum absolute atomic E-state index is 11.6. The van der Waals surface area contributed by atoms with Gasteiger partial charge in [-0.25, -0.2) is 8.42 Å². The first-order valence-electron chi connectivity index (χ1n) is 9.32. The summed E-state index contributed by atoms with van der Waals surface area (Å²) >= 11 is 0. The molecule has 2 fully saturated rings. The van der Waals surface area contributed by atoms with E-state index in [2.05, 4.69) is 10.6 Å². The zero-order valence-corrected chi connectivity index (χ0v) is 15.7. The molecule has 0 radical (unpaired) electrons. The van der Waals surface area contributed by atoms with Crippen molar-refractivity contribution in [2.75, 3.05) is 37.7 Å². The lowest BCUT2D eigenvalue weighted by Crippen LogP contribution is -2.41. The molecule has 1 atom stereocenters. The number of sulfone groups is 1. The Hall–Kier alpha value is -0.820. The van der Waals surface area contributed by atoms with E-state index in [9.17, 15) is 13.5 Å². The van der Waals surface area contributed by atoms with E-state index in [1.165, 1.54) is 19.3 Å². The summed E-state index contributed by atoms with van der Waals surface area (Å²) < 4.78 is 23.1. The fourth-order valence-corrected chi connectivity index (χ4v) is 5.75. The molecule has 1 saturated carbocycles. The predicted octanol–water partition coefficient (Wildman–Crippen LogP) is 1.31. The van der Waals surface area contributed by atoms with Gasteiger partial charge in [0.1, 0.15) is 0 Å². The van der Waals surface area contributed by atoms with Crippen molar-refractivity contribution in [2.24, 2.45) is 16.3 Å². The van der Waals surface area contributed by atoms with E-state index in [1.807, 2.05) is 6.92 Å². The molecular formula is C17H33N3O3S. The molecule has 1 aliphatic heterocycles. The zero-order chi connectivity index (χ0) is 17.5. The van der Waals surface area contributed by atoms with Crippen molar-refractivity contribution in [1.82, 2.24) is 10.6 Å². The van der Waals surface area contributed by atoms with Crippen LogP contribution in [0.2, 0.25) is 0 Å². The van der Waals surface area contributed by atoms with Crippen molar-refractivity contribution in [1.29, 1.82) is 0 Å². The molecule has 0 bridgehead atoms. The smallest absolute Gasteiger partial charge is 0.191 e. The highest BCUT2D eigenvalue weighted by Gasteiger charge is 2.31. The molecule has 1 heterocycles. The fourth-order valence-electron chi connectivity index (χ4n) is 3.89. The van der Waals surface area contributed by atoms with Crippen LogP contribution in [0.1, 0.15) is 51.9 Å². The molecule has 1 saturated heterocycles. The van der Waals surface area contributed by atoms with E-state index in [0.717, 1.165) is 44.7 Å². The average Bonchev–Trinajstić information content (AvgIpc) is 2.90. The third-order valence-corrected chi connectivity index (χ3v) is 7.20. The molecule has 140 valence electrons. The van der Waals surface area contributed by atoms with Crippen LogP contribution >= 0.6 is 0 Å². The van der Waals surface area contributed by atoms with Crippen LogP contribution in [0, 0.1) is 11.3 Å². The van der Waals surface area contributed by atoms with Gasteiger partial charge >= 0.3 is 0 Å². The van der Waals surface area contributed by atoms with Gasteiger partial charge < -0.3 is 15.7 Å². The van der Waals surface area contributed by atoms with E-state index >= 15 is 0 Å². The molecule has 7 heteroatoms. The van der Waals surface area contributed by atoms with Gasteiger partial charge in [-0.3, -0.25) is 4.99 Å². The van der Waals surface area contributed by atoms with E-state index in [1.54, 1.807) is 0 Å². The Labute approximate surface area is 146 Å². The summed E-state index contributed by atoms with van der Waals surface area (Å²) in [6.07, 6.45) is 7.55. The number of aliphatic imine (C=N–C) groups is 1. The van der Waals surface area contributed by atoms with Crippen LogP contribution in [0.15, 0.2) is 4.99 Å². The van der Waals surface area contributed by atoms with Crippen LogP contribution in [0.5, 0.6) is 0 Å². The minimum Gasteiger partial charge on any atom is -0.396 e. The highest BCUT2D eigenvalue weighted by molar-refractivity contribution is 7.91. The van der Waals surface area contributed by atoms with E-state index in [0.29, 0.717) is 12.3 Å². The molecule has 0 spiro atoms. The summed E-state index contributed by atoms with van der Waals surface area (Å²) in [6, 6.07) is 0. The van der Waals surface area contributed by atoms with E-state index in [4.69, 9.17) is 4.99 Å². The molecule has 6 nitrogen and oxygen atoms in total. The number of aliphatic hydroxyl groups excluding tert-OH is 1. The minimum absolute atomic E-state index is 0.131. The number of guanidine groups is 1. The highest BCUT2D eigenvalue weighted by atomic mass is 32.2. The Bertz CT molecular complexity index is 508. The lowest BCUT2D eigenvalue weighted by molar-refractivity contribution is 0.137. The van der Waals surface area contributed by atoms with Gasteiger partial charge in [0.05, 0.1) is 11.5 Å². The van der Waals surface area contributed by atoms with Crippen LogP contribution in [-0.4, -0.2) is 57.2 Å². The van der Waals surface area contributed by atoms with Crippen LogP contribution < -0.4 is 10.6 Å². The molecule has 1 aliphatic carbocycles. The molecule has 0 aromatic carbocycles. The Morgan fingerprint density at radius 1 is 1.25 bits per heavy atom. The largest absolute Gasteiger partial charge is 0.396 e. The number of nitrogens with zero attached hydrogens (tertiary/aromatic N) is 1. The molecule has 0 aromatic heterocycles. The Kier molecular flexibility index (Phi) is 7.34. The number of rotatable bonds is 7. The van der Waals surface area contributed by atoms with Gasteiger partial charge in [-0.2, -0.15) is 0 Å². The summed E-state index contributed by atoms with van der Waals surface area (Å²) in [5.74, 6) is 1.55. The zero-order valence-electron chi connectivity index (χ0n) is 14.9. The second kappa shape index (κ2) is 9.04. The van der Waals surface area contributed by atoms with Gasteiger partial charge in [-0.05, 0) is 43.9 Å². The van der Waals surface area contributed by atoms with Gasteiger partial charge in [-0.15, -0.1) is 0 Å². The van der Waals surface area contributed by atoms with Crippen LogP contribution in [-0.2, 0) is 9.84 Å².